The van der Waals surface area contributed by atoms with Crippen molar-refractivity contribution < 1.29 is 23.8 Å². The van der Waals surface area contributed by atoms with Gasteiger partial charge < -0.3 is 14.2 Å². The summed E-state index contributed by atoms with van der Waals surface area (Å²) in [4.78, 5) is 23.9. The zero-order valence-electron chi connectivity index (χ0n) is 13.4. The lowest BCUT2D eigenvalue weighted by molar-refractivity contribution is -0.141. The van der Waals surface area contributed by atoms with Gasteiger partial charge in [0.25, 0.3) is 0 Å². The van der Waals surface area contributed by atoms with E-state index in [9.17, 15) is 9.59 Å². The third-order valence-electron chi connectivity index (χ3n) is 3.32. The molecule has 0 saturated heterocycles. The molecule has 0 N–H and O–H groups in total. The van der Waals surface area contributed by atoms with E-state index in [1.54, 1.807) is 49.6 Å². The quantitative estimate of drug-likeness (QED) is 0.533. The SMILES string of the molecule is COc1cccc(C(=O)COC(=O)Cc2ccc(OC)c(Br)c2)c1. The Morgan fingerprint density at radius 3 is 2.50 bits per heavy atom. The van der Waals surface area contributed by atoms with Gasteiger partial charge in [0.15, 0.2) is 12.4 Å². The number of rotatable bonds is 7. The molecule has 2 rings (SSSR count). The molecule has 0 aliphatic carbocycles. The van der Waals surface area contributed by atoms with Crippen LogP contribution in [0.2, 0.25) is 0 Å². The van der Waals surface area contributed by atoms with Crippen molar-refractivity contribution in [1.82, 2.24) is 0 Å². The van der Waals surface area contributed by atoms with Crippen molar-refractivity contribution >= 4 is 27.7 Å². The summed E-state index contributed by atoms with van der Waals surface area (Å²) in [6.07, 6.45) is 0.0774. The highest BCUT2D eigenvalue weighted by Crippen LogP contribution is 2.25. The minimum Gasteiger partial charge on any atom is -0.497 e. The standard InChI is InChI=1S/C18H17BrO5/c1-22-14-5-3-4-13(10-14)16(20)11-24-18(21)9-12-6-7-17(23-2)15(19)8-12/h3-8,10H,9,11H2,1-2H3. The summed E-state index contributed by atoms with van der Waals surface area (Å²) in [6, 6.07) is 12.0. The van der Waals surface area contributed by atoms with Gasteiger partial charge in [-0.3, -0.25) is 9.59 Å². The largest absolute Gasteiger partial charge is 0.497 e. The van der Waals surface area contributed by atoms with Crippen LogP contribution in [0.5, 0.6) is 11.5 Å². The molecular formula is C18H17BrO5. The van der Waals surface area contributed by atoms with Crippen LogP contribution in [0.15, 0.2) is 46.9 Å². The lowest BCUT2D eigenvalue weighted by atomic mass is 10.1. The smallest absolute Gasteiger partial charge is 0.310 e. The number of ketones is 1. The van der Waals surface area contributed by atoms with Gasteiger partial charge in [0.2, 0.25) is 0 Å². The zero-order chi connectivity index (χ0) is 17.5. The van der Waals surface area contributed by atoms with Gasteiger partial charge in [-0.05, 0) is 45.8 Å². The average molecular weight is 393 g/mol. The summed E-state index contributed by atoms with van der Waals surface area (Å²) in [5.41, 5.74) is 1.20. The number of methoxy groups -OCH3 is 2. The third kappa shape index (κ3) is 4.83. The summed E-state index contributed by atoms with van der Waals surface area (Å²) in [7, 11) is 3.09. The molecule has 0 saturated carbocycles. The van der Waals surface area contributed by atoms with E-state index < -0.39 is 5.97 Å². The van der Waals surface area contributed by atoms with E-state index in [0.29, 0.717) is 17.1 Å². The van der Waals surface area contributed by atoms with Crippen molar-refractivity contribution in [2.45, 2.75) is 6.42 Å². The van der Waals surface area contributed by atoms with Crippen LogP contribution in [0.1, 0.15) is 15.9 Å². The fourth-order valence-corrected chi connectivity index (χ4v) is 2.65. The van der Waals surface area contributed by atoms with Crippen LogP contribution in [-0.2, 0) is 16.0 Å². The minimum absolute atomic E-state index is 0.0774. The van der Waals surface area contributed by atoms with E-state index in [2.05, 4.69) is 15.9 Å². The monoisotopic (exact) mass is 392 g/mol. The maximum absolute atomic E-state index is 12.1. The Labute approximate surface area is 148 Å². The Morgan fingerprint density at radius 1 is 1.04 bits per heavy atom. The summed E-state index contributed by atoms with van der Waals surface area (Å²) >= 11 is 3.36. The van der Waals surface area contributed by atoms with Gasteiger partial charge in [-0.15, -0.1) is 0 Å². The normalized spacial score (nSPS) is 10.1. The molecule has 2 aromatic carbocycles. The van der Waals surface area contributed by atoms with Crippen molar-refractivity contribution in [2.75, 3.05) is 20.8 Å². The second-order valence-electron chi connectivity index (χ2n) is 4.96. The van der Waals surface area contributed by atoms with Gasteiger partial charge in [-0.25, -0.2) is 0 Å². The van der Waals surface area contributed by atoms with Crippen LogP contribution < -0.4 is 9.47 Å². The van der Waals surface area contributed by atoms with Gasteiger partial charge in [0.1, 0.15) is 11.5 Å². The molecule has 0 radical (unpaired) electrons. The predicted octanol–water partition coefficient (Wildman–Crippen LogP) is 3.43. The first-order valence-electron chi connectivity index (χ1n) is 7.18. The number of carbonyl (C=O) groups excluding carboxylic acids is 2. The number of hydrogen-bond acceptors (Lipinski definition) is 5. The molecule has 0 heterocycles. The first-order valence-corrected chi connectivity index (χ1v) is 7.98. The zero-order valence-corrected chi connectivity index (χ0v) is 15.0. The van der Waals surface area contributed by atoms with Crippen molar-refractivity contribution in [3.63, 3.8) is 0 Å². The molecule has 5 nitrogen and oxygen atoms in total. The molecule has 0 bridgehead atoms. The van der Waals surface area contributed by atoms with Gasteiger partial charge in [0, 0.05) is 5.56 Å². The Kier molecular flexibility index (Phi) is 6.37. The summed E-state index contributed by atoms with van der Waals surface area (Å²) in [6.45, 7) is -0.302. The first kappa shape index (κ1) is 18.0. The molecular weight excluding hydrogens is 376 g/mol. The van der Waals surface area contributed by atoms with Gasteiger partial charge in [-0.2, -0.15) is 0 Å². The van der Waals surface area contributed by atoms with E-state index in [4.69, 9.17) is 14.2 Å². The van der Waals surface area contributed by atoms with E-state index in [1.807, 2.05) is 0 Å². The van der Waals surface area contributed by atoms with Gasteiger partial charge >= 0.3 is 5.97 Å². The molecule has 0 aliphatic rings. The van der Waals surface area contributed by atoms with Crippen LogP contribution in [-0.4, -0.2) is 32.6 Å². The average Bonchev–Trinajstić information content (AvgIpc) is 2.60. The lowest BCUT2D eigenvalue weighted by Crippen LogP contribution is -2.15. The van der Waals surface area contributed by atoms with E-state index in [0.717, 1.165) is 10.0 Å². The molecule has 0 spiro atoms. The van der Waals surface area contributed by atoms with Crippen molar-refractivity contribution in [3.05, 3.63) is 58.1 Å². The number of benzene rings is 2. The second kappa shape index (κ2) is 8.49. The minimum atomic E-state index is -0.469. The maximum Gasteiger partial charge on any atom is 0.310 e. The number of carbonyl (C=O) groups is 2. The molecule has 0 aromatic heterocycles. The molecule has 2 aromatic rings. The maximum atomic E-state index is 12.1. The highest BCUT2D eigenvalue weighted by Gasteiger charge is 2.12. The molecule has 24 heavy (non-hydrogen) atoms. The summed E-state index contributed by atoms with van der Waals surface area (Å²) in [5.74, 6) is 0.511. The first-order chi connectivity index (χ1) is 11.5. The number of Topliss-reactive ketones (excluding diaryl/α,β-unsaturated/α-hetero) is 1. The highest BCUT2D eigenvalue weighted by atomic mass is 79.9. The molecule has 0 aliphatic heterocycles. The number of esters is 1. The Balaban J connectivity index is 1.90. The Bertz CT molecular complexity index is 742. The molecule has 0 atom stereocenters. The van der Waals surface area contributed by atoms with Gasteiger partial charge in [0.05, 0.1) is 25.1 Å². The second-order valence-corrected chi connectivity index (χ2v) is 5.82. The molecule has 0 amide bonds. The molecule has 126 valence electrons. The third-order valence-corrected chi connectivity index (χ3v) is 3.94. The fourth-order valence-electron chi connectivity index (χ4n) is 2.06. The van der Waals surface area contributed by atoms with Gasteiger partial charge in [-0.1, -0.05) is 18.2 Å². The fraction of sp³-hybridized carbons (Fsp3) is 0.222. The number of halogens is 1. The van der Waals surface area contributed by atoms with E-state index in [-0.39, 0.29) is 18.8 Å². The van der Waals surface area contributed by atoms with Crippen molar-refractivity contribution in [1.29, 1.82) is 0 Å². The molecule has 0 unspecified atom stereocenters. The van der Waals surface area contributed by atoms with Crippen LogP contribution in [0.25, 0.3) is 0 Å². The van der Waals surface area contributed by atoms with Crippen LogP contribution >= 0.6 is 15.9 Å². The number of ether oxygens (including phenoxy) is 3. The highest BCUT2D eigenvalue weighted by molar-refractivity contribution is 9.10. The van der Waals surface area contributed by atoms with Crippen LogP contribution in [0, 0.1) is 0 Å². The number of hydrogen-bond donors (Lipinski definition) is 0. The summed E-state index contributed by atoms with van der Waals surface area (Å²) < 4.78 is 16.0. The topological polar surface area (TPSA) is 61.8 Å². The Hall–Kier alpha value is -2.34. The van der Waals surface area contributed by atoms with E-state index >= 15 is 0 Å². The van der Waals surface area contributed by atoms with Crippen molar-refractivity contribution in [2.24, 2.45) is 0 Å². The molecule has 0 fully saturated rings. The Morgan fingerprint density at radius 2 is 1.83 bits per heavy atom. The van der Waals surface area contributed by atoms with E-state index in [1.165, 1.54) is 7.11 Å². The molecule has 6 heteroatoms. The predicted molar refractivity (Wildman–Crippen MR) is 92.7 cm³/mol. The van der Waals surface area contributed by atoms with Crippen LogP contribution in [0.3, 0.4) is 0 Å². The summed E-state index contributed by atoms with van der Waals surface area (Å²) in [5, 5.41) is 0. The van der Waals surface area contributed by atoms with Crippen molar-refractivity contribution in [3.8, 4) is 11.5 Å². The van der Waals surface area contributed by atoms with Crippen LogP contribution in [0.4, 0.5) is 0 Å². The lowest BCUT2D eigenvalue weighted by Gasteiger charge is -2.07.